The topological polar surface area (TPSA) is 132 Å². The summed E-state index contributed by atoms with van der Waals surface area (Å²) in [7, 11) is 1.03. The lowest BCUT2D eigenvalue weighted by Gasteiger charge is -2.30. The minimum absolute atomic E-state index is 0.0129. The Labute approximate surface area is 325 Å². The van der Waals surface area contributed by atoms with Crippen molar-refractivity contribution in [2.45, 2.75) is 43.5 Å². The van der Waals surface area contributed by atoms with E-state index >= 15 is 4.39 Å². The number of nitrogens with one attached hydrogen (secondary N) is 3. The van der Waals surface area contributed by atoms with Crippen molar-refractivity contribution in [1.82, 2.24) is 15.3 Å². The number of allylic oxidation sites excluding steroid dienone is 1. The van der Waals surface area contributed by atoms with E-state index in [0.29, 0.717) is 30.3 Å². The second-order valence-electron chi connectivity index (χ2n) is 13.4. The summed E-state index contributed by atoms with van der Waals surface area (Å²) >= 11 is 0. The molecule has 2 aliphatic rings. The molecule has 1 aromatic heterocycles. The van der Waals surface area contributed by atoms with Crippen molar-refractivity contribution in [2.75, 3.05) is 17.7 Å². The first-order chi connectivity index (χ1) is 27.6. The quantitative estimate of drug-likeness (QED) is 0.113. The van der Waals surface area contributed by atoms with Gasteiger partial charge < -0.3 is 20.1 Å². The standard InChI is InChI=1S/C38H28F11N5O5/c1-58-34-30(53-27(16-50-34)22-13-17(7-11-25(22)39)31(38(47,48)49)59-35(57)52-18-5-3-2-4-6-18)33(56)54-29-21-10-9-20(23(21)15-36(41,42)43)28(29)32(55)51-19-8-12-26(40)24(14-19)37(44,45)46/h2-8,11-16,20-21,28-29,31H,9-10H2,1H3,(H,51,55)(H,52,57)(H,54,56)/b23-15-/t20?,21?,28-,29+,31-/m0/s1. The van der Waals surface area contributed by atoms with Crippen molar-refractivity contribution in [3.05, 3.63) is 113 Å². The Hall–Kier alpha value is -6.28. The Morgan fingerprint density at radius 2 is 1.51 bits per heavy atom. The largest absolute Gasteiger partial charge is 0.479 e. The number of rotatable bonds is 9. The van der Waals surface area contributed by atoms with Crippen LogP contribution in [0.5, 0.6) is 5.88 Å². The number of halogens is 11. The molecule has 3 N–H and O–H groups in total. The summed E-state index contributed by atoms with van der Waals surface area (Å²) in [5, 5.41) is 6.73. The van der Waals surface area contributed by atoms with Crippen LogP contribution in [0.25, 0.3) is 11.3 Å². The summed E-state index contributed by atoms with van der Waals surface area (Å²) in [5.74, 6) is -9.54. The van der Waals surface area contributed by atoms with Crippen molar-refractivity contribution in [2.24, 2.45) is 17.8 Å². The number of methoxy groups -OCH3 is 1. The fourth-order valence-electron chi connectivity index (χ4n) is 7.25. The number of para-hydroxylation sites is 1. The maximum absolute atomic E-state index is 15.3. The molecular formula is C38H28F11N5O5. The number of amides is 3. The number of anilines is 2. The molecule has 21 heteroatoms. The molecule has 0 radical (unpaired) electrons. The molecular weight excluding hydrogens is 815 g/mol. The lowest BCUT2D eigenvalue weighted by Crippen LogP contribution is -2.48. The van der Waals surface area contributed by atoms with Crippen molar-refractivity contribution in [3.63, 3.8) is 0 Å². The summed E-state index contributed by atoms with van der Waals surface area (Å²) in [6.45, 7) is 0. The van der Waals surface area contributed by atoms with Gasteiger partial charge in [0.15, 0.2) is 5.69 Å². The van der Waals surface area contributed by atoms with Crippen LogP contribution in [-0.4, -0.2) is 53.4 Å². The van der Waals surface area contributed by atoms with Crippen molar-refractivity contribution in [1.29, 1.82) is 0 Å². The highest BCUT2D eigenvalue weighted by Gasteiger charge is 2.56. The average molecular weight is 844 g/mol. The Balaban J connectivity index is 1.31. The van der Waals surface area contributed by atoms with Crippen LogP contribution in [0.2, 0.25) is 0 Å². The summed E-state index contributed by atoms with van der Waals surface area (Å²) in [4.78, 5) is 47.9. The maximum atomic E-state index is 15.3. The number of carbonyl (C=O) groups is 3. The van der Waals surface area contributed by atoms with E-state index in [1.165, 1.54) is 24.3 Å². The van der Waals surface area contributed by atoms with Gasteiger partial charge in [0.2, 0.25) is 17.9 Å². The SMILES string of the molecule is COc1ncc(-c2cc([C@H](OC(=O)Nc3ccccc3)C(F)(F)F)ccc2F)nc1C(=O)N[C@@H]1C2CCC(/C2=C/C(F)(F)F)[C@@H]1C(=O)Nc1ccc(F)c(C(F)(F)F)c1. The molecule has 2 bridgehead atoms. The Morgan fingerprint density at radius 3 is 2.15 bits per heavy atom. The van der Waals surface area contributed by atoms with Gasteiger partial charge in [-0.3, -0.25) is 14.9 Å². The molecule has 1 heterocycles. The second-order valence-corrected chi connectivity index (χ2v) is 13.4. The molecule has 3 amide bonds. The first kappa shape index (κ1) is 42.3. The van der Waals surface area contributed by atoms with Gasteiger partial charge in [-0.2, -0.15) is 39.5 Å². The van der Waals surface area contributed by atoms with Crippen LogP contribution in [0.1, 0.15) is 40.6 Å². The smallest absolute Gasteiger partial charge is 0.429 e. The predicted octanol–water partition coefficient (Wildman–Crippen LogP) is 9.18. The van der Waals surface area contributed by atoms with E-state index in [4.69, 9.17) is 4.74 Å². The van der Waals surface area contributed by atoms with Crippen LogP contribution in [0.4, 0.5) is 64.5 Å². The molecule has 4 aromatic rings. The molecule has 6 rings (SSSR count). The average Bonchev–Trinajstić information content (AvgIpc) is 3.66. The fraction of sp³-hybridized carbons (Fsp3) is 0.289. The molecule has 5 atom stereocenters. The van der Waals surface area contributed by atoms with Gasteiger partial charge in [-0.25, -0.2) is 23.5 Å². The minimum Gasteiger partial charge on any atom is -0.479 e. The Bertz CT molecular complexity index is 2280. The van der Waals surface area contributed by atoms with Crippen molar-refractivity contribution < 1.29 is 72.2 Å². The molecule has 59 heavy (non-hydrogen) atoms. The summed E-state index contributed by atoms with van der Waals surface area (Å²) in [5.41, 5.74) is -5.19. The molecule has 0 aliphatic heterocycles. The molecule has 2 unspecified atom stereocenters. The molecule has 0 saturated heterocycles. The van der Waals surface area contributed by atoms with Crippen LogP contribution in [0, 0.1) is 29.4 Å². The van der Waals surface area contributed by atoms with E-state index in [1.807, 2.05) is 0 Å². The van der Waals surface area contributed by atoms with Crippen LogP contribution in [0.15, 0.2) is 84.6 Å². The predicted molar refractivity (Wildman–Crippen MR) is 184 cm³/mol. The zero-order valence-corrected chi connectivity index (χ0v) is 29.9. The summed E-state index contributed by atoms with van der Waals surface area (Å²) < 4.78 is 163. The van der Waals surface area contributed by atoms with E-state index in [9.17, 15) is 58.3 Å². The third-order valence-electron chi connectivity index (χ3n) is 9.63. The van der Waals surface area contributed by atoms with Gasteiger partial charge in [0.05, 0.1) is 30.5 Å². The molecule has 2 fully saturated rings. The van der Waals surface area contributed by atoms with Gasteiger partial charge in [0.1, 0.15) is 11.6 Å². The number of benzene rings is 3. The van der Waals surface area contributed by atoms with E-state index in [2.05, 4.69) is 30.7 Å². The monoisotopic (exact) mass is 843 g/mol. The zero-order chi connectivity index (χ0) is 43.0. The fourth-order valence-corrected chi connectivity index (χ4v) is 7.25. The van der Waals surface area contributed by atoms with Gasteiger partial charge in [0.25, 0.3) is 5.91 Å². The second kappa shape index (κ2) is 16.2. The highest BCUT2D eigenvalue weighted by molar-refractivity contribution is 5.98. The van der Waals surface area contributed by atoms with Gasteiger partial charge >= 0.3 is 24.6 Å². The number of nitrogens with zero attached hydrogens (tertiary/aromatic N) is 2. The molecule has 312 valence electrons. The van der Waals surface area contributed by atoms with Crippen molar-refractivity contribution >= 4 is 29.3 Å². The number of hydrogen-bond acceptors (Lipinski definition) is 7. The van der Waals surface area contributed by atoms with Crippen LogP contribution in [0.3, 0.4) is 0 Å². The number of alkyl halides is 9. The molecule has 2 aliphatic carbocycles. The molecule has 0 spiro atoms. The van der Waals surface area contributed by atoms with E-state index < -0.39 is 118 Å². The minimum atomic E-state index is -5.22. The highest BCUT2D eigenvalue weighted by atomic mass is 19.4. The number of carbonyl (C=O) groups excluding carboxylic acids is 3. The first-order valence-corrected chi connectivity index (χ1v) is 17.2. The van der Waals surface area contributed by atoms with Gasteiger partial charge in [-0.15, -0.1) is 0 Å². The van der Waals surface area contributed by atoms with Crippen LogP contribution >= 0.6 is 0 Å². The number of fused-ring (bicyclic) bond motifs is 2. The lowest BCUT2D eigenvalue weighted by atomic mass is 9.83. The molecule has 3 aromatic carbocycles. The van der Waals surface area contributed by atoms with Gasteiger partial charge in [-0.05, 0) is 61.2 Å². The third-order valence-corrected chi connectivity index (χ3v) is 9.63. The highest BCUT2D eigenvalue weighted by Crippen LogP contribution is 2.54. The van der Waals surface area contributed by atoms with Crippen LogP contribution < -0.4 is 20.7 Å². The molecule has 10 nitrogen and oxygen atoms in total. The zero-order valence-electron chi connectivity index (χ0n) is 29.9. The van der Waals surface area contributed by atoms with E-state index in [-0.39, 0.29) is 30.2 Å². The summed E-state index contributed by atoms with van der Waals surface area (Å²) in [6, 6.07) is 9.36. The van der Waals surface area contributed by atoms with Gasteiger partial charge in [-0.1, -0.05) is 29.8 Å². The molecule has 2 saturated carbocycles. The first-order valence-electron chi connectivity index (χ1n) is 17.2. The maximum Gasteiger partial charge on any atom is 0.429 e. The number of ether oxygens (including phenoxy) is 2. The Morgan fingerprint density at radius 1 is 0.831 bits per heavy atom. The number of aromatic nitrogens is 2. The normalized spacial score (nSPS) is 20.2. The number of hydrogen-bond donors (Lipinski definition) is 3. The third kappa shape index (κ3) is 9.38. The van der Waals surface area contributed by atoms with Crippen LogP contribution in [-0.2, 0) is 15.7 Å². The lowest BCUT2D eigenvalue weighted by molar-refractivity contribution is -0.205. The van der Waals surface area contributed by atoms with E-state index in [1.54, 1.807) is 6.07 Å². The Kier molecular flexibility index (Phi) is 11.6. The van der Waals surface area contributed by atoms with Gasteiger partial charge in [0, 0.05) is 40.5 Å². The van der Waals surface area contributed by atoms with Crippen molar-refractivity contribution in [3.8, 4) is 17.1 Å². The summed E-state index contributed by atoms with van der Waals surface area (Å²) in [6.07, 6.45) is -18.9. The van der Waals surface area contributed by atoms with E-state index in [0.717, 1.165) is 19.4 Å².